The van der Waals surface area contributed by atoms with Gasteiger partial charge in [0.1, 0.15) is 0 Å². The molecule has 0 spiro atoms. The summed E-state index contributed by atoms with van der Waals surface area (Å²) in [5, 5.41) is 0.874. The molecule has 2 amide bonds. The Morgan fingerprint density at radius 2 is 1.96 bits per heavy atom. The van der Waals surface area contributed by atoms with Gasteiger partial charge in [0.05, 0.1) is 26.7 Å². The lowest BCUT2D eigenvalue weighted by atomic mass is 10.1. The van der Waals surface area contributed by atoms with Gasteiger partial charge < -0.3 is 0 Å². The maximum absolute atomic E-state index is 11.8. The largest absolute Gasteiger partial charge is 0.273 e. The third-order valence-electron chi connectivity index (χ3n) is 4.05. The van der Waals surface area contributed by atoms with Crippen molar-refractivity contribution in [3.8, 4) is 0 Å². The number of hydrogen-bond acceptors (Lipinski definition) is 6. The van der Waals surface area contributed by atoms with Gasteiger partial charge in [-0.05, 0) is 24.5 Å². The summed E-state index contributed by atoms with van der Waals surface area (Å²) >= 11 is 1.55. The zero-order chi connectivity index (χ0) is 17.9. The van der Waals surface area contributed by atoms with Crippen LogP contribution >= 0.6 is 11.3 Å². The van der Waals surface area contributed by atoms with Crippen molar-refractivity contribution in [2.24, 2.45) is 5.92 Å². The minimum atomic E-state index is -3.00. The number of amides is 2. The standard InChI is InChI=1S/C16H19N3O4S2/c20-14(5-6-16-17-12-3-1-2-4-13(12)24-16)18-19-15(21)9-11-7-8-25(22,23)10-11/h1-4,11H,5-10H2,(H,18,20)(H,19,21)/t11-/m0/s1. The van der Waals surface area contributed by atoms with Gasteiger partial charge in [-0.3, -0.25) is 20.4 Å². The van der Waals surface area contributed by atoms with E-state index in [1.165, 1.54) is 0 Å². The first-order chi connectivity index (χ1) is 11.9. The molecule has 2 N–H and O–H groups in total. The van der Waals surface area contributed by atoms with E-state index in [-0.39, 0.29) is 42.1 Å². The summed E-state index contributed by atoms with van der Waals surface area (Å²) in [7, 11) is -3.00. The average Bonchev–Trinajstić information content (AvgIpc) is 3.13. The second kappa shape index (κ2) is 7.49. The summed E-state index contributed by atoms with van der Waals surface area (Å²) in [4.78, 5) is 28.1. The maximum Gasteiger partial charge on any atom is 0.238 e. The number of nitrogens with zero attached hydrogens (tertiary/aromatic N) is 1. The molecule has 2 heterocycles. The molecule has 1 aromatic carbocycles. The Morgan fingerprint density at radius 3 is 2.68 bits per heavy atom. The van der Waals surface area contributed by atoms with Gasteiger partial charge in [0.25, 0.3) is 0 Å². The molecule has 0 radical (unpaired) electrons. The molecular weight excluding hydrogens is 362 g/mol. The monoisotopic (exact) mass is 381 g/mol. The fraction of sp³-hybridized carbons (Fsp3) is 0.438. The van der Waals surface area contributed by atoms with E-state index in [9.17, 15) is 18.0 Å². The van der Waals surface area contributed by atoms with Crippen molar-refractivity contribution < 1.29 is 18.0 Å². The molecule has 0 unspecified atom stereocenters. The molecule has 0 aliphatic carbocycles. The van der Waals surface area contributed by atoms with E-state index >= 15 is 0 Å². The van der Waals surface area contributed by atoms with Gasteiger partial charge >= 0.3 is 0 Å². The predicted molar refractivity (Wildman–Crippen MR) is 95.6 cm³/mol. The Labute approximate surface area is 149 Å². The zero-order valence-electron chi connectivity index (χ0n) is 13.5. The summed E-state index contributed by atoms with van der Waals surface area (Å²) in [5.74, 6) is -0.641. The predicted octanol–water partition coefficient (Wildman–Crippen LogP) is 1.20. The van der Waals surface area contributed by atoms with Gasteiger partial charge in [-0.1, -0.05) is 12.1 Å². The van der Waals surface area contributed by atoms with E-state index < -0.39 is 9.84 Å². The zero-order valence-corrected chi connectivity index (χ0v) is 15.2. The van der Waals surface area contributed by atoms with Crippen molar-refractivity contribution in [2.45, 2.75) is 25.7 Å². The van der Waals surface area contributed by atoms with Crippen LogP contribution in [0.5, 0.6) is 0 Å². The lowest BCUT2D eigenvalue weighted by Crippen LogP contribution is -2.42. The fourth-order valence-electron chi connectivity index (χ4n) is 2.80. The molecule has 2 aromatic rings. The number of nitrogens with one attached hydrogen (secondary N) is 2. The third-order valence-corrected chi connectivity index (χ3v) is 6.98. The second-order valence-corrected chi connectivity index (χ2v) is 9.49. The van der Waals surface area contributed by atoms with Crippen molar-refractivity contribution >= 4 is 43.2 Å². The maximum atomic E-state index is 11.8. The van der Waals surface area contributed by atoms with E-state index in [1.54, 1.807) is 11.3 Å². The van der Waals surface area contributed by atoms with Crippen molar-refractivity contribution in [3.05, 3.63) is 29.3 Å². The van der Waals surface area contributed by atoms with Gasteiger partial charge in [0.15, 0.2) is 9.84 Å². The molecule has 1 saturated heterocycles. The highest BCUT2D eigenvalue weighted by Crippen LogP contribution is 2.22. The summed E-state index contributed by atoms with van der Waals surface area (Å²) in [6.07, 6.45) is 1.33. The van der Waals surface area contributed by atoms with E-state index in [0.29, 0.717) is 12.8 Å². The second-order valence-electron chi connectivity index (χ2n) is 6.14. The highest BCUT2D eigenvalue weighted by molar-refractivity contribution is 7.91. The first kappa shape index (κ1) is 17.8. The topological polar surface area (TPSA) is 105 Å². The fourth-order valence-corrected chi connectivity index (χ4v) is 5.62. The summed E-state index contributed by atoms with van der Waals surface area (Å²) in [6.45, 7) is 0. The minimum absolute atomic E-state index is 0.0476. The highest BCUT2D eigenvalue weighted by Gasteiger charge is 2.29. The number of para-hydroxylation sites is 1. The Hall–Kier alpha value is -2.00. The number of benzene rings is 1. The number of aryl methyl sites for hydroxylation is 1. The third kappa shape index (κ3) is 4.99. The molecule has 134 valence electrons. The first-order valence-corrected chi connectivity index (χ1v) is 10.7. The van der Waals surface area contributed by atoms with Crippen LogP contribution in [0, 0.1) is 5.92 Å². The summed E-state index contributed by atoms with van der Waals surface area (Å²) < 4.78 is 23.8. The van der Waals surface area contributed by atoms with Crippen LogP contribution in [0.25, 0.3) is 10.2 Å². The molecule has 0 bridgehead atoms. The van der Waals surface area contributed by atoms with Crippen molar-refractivity contribution in [2.75, 3.05) is 11.5 Å². The average molecular weight is 381 g/mol. The highest BCUT2D eigenvalue weighted by atomic mass is 32.2. The van der Waals surface area contributed by atoms with Gasteiger partial charge in [-0.15, -0.1) is 11.3 Å². The number of thiazole rings is 1. The molecule has 1 atom stereocenters. The van der Waals surface area contributed by atoms with Crippen LogP contribution in [0.2, 0.25) is 0 Å². The lowest BCUT2D eigenvalue weighted by molar-refractivity contribution is -0.129. The number of fused-ring (bicyclic) bond motifs is 1. The van der Waals surface area contributed by atoms with E-state index in [4.69, 9.17) is 0 Å². The molecule has 1 aliphatic rings. The molecule has 1 fully saturated rings. The van der Waals surface area contributed by atoms with Crippen molar-refractivity contribution in [1.29, 1.82) is 0 Å². The van der Waals surface area contributed by atoms with E-state index in [2.05, 4.69) is 15.8 Å². The van der Waals surface area contributed by atoms with E-state index in [0.717, 1.165) is 15.2 Å². The van der Waals surface area contributed by atoms with Crippen LogP contribution in [0.3, 0.4) is 0 Å². The van der Waals surface area contributed by atoms with Crippen LogP contribution in [-0.4, -0.2) is 36.7 Å². The van der Waals surface area contributed by atoms with Crippen LogP contribution in [0.1, 0.15) is 24.3 Å². The molecule has 9 heteroatoms. The first-order valence-electron chi connectivity index (χ1n) is 8.04. The Balaban J connectivity index is 1.39. The van der Waals surface area contributed by atoms with Crippen LogP contribution in [0.15, 0.2) is 24.3 Å². The van der Waals surface area contributed by atoms with Crippen LogP contribution < -0.4 is 10.9 Å². The number of carbonyl (C=O) groups excluding carboxylic acids is 2. The summed E-state index contributed by atoms with van der Waals surface area (Å²) in [6, 6.07) is 7.78. The number of aromatic nitrogens is 1. The summed E-state index contributed by atoms with van der Waals surface area (Å²) in [5.41, 5.74) is 5.64. The van der Waals surface area contributed by atoms with Crippen LogP contribution in [-0.2, 0) is 25.8 Å². The molecule has 3 rings (SSSR count). The molecule has 25 heavy (non-hydrogen) atoms. The van der Waals surface area contributed by atoms with Crippen molar-refractivity contribution in [1.82, 2.24) is 15.8 Å². The number of hydrogen-bond donors (Lipinski definition) is 2. The van der Waals surface area contributed by atoms with Gasteiger partial charge in [0, 0.05) is 19.3 Å². The van der Waals surface area contributed by atoms with Gasteiger partial charge in [0.2, 0.25) is 11.8 Å². The molecule has 7 nitrogen and oxygen atoms in total. The number of carbonyl (C=O) groups is 2. The molecule has 1 aromatic heterocycles. The Bertz CT molecular complexity index is 859. The van der Waals surface area contributed by atoms with E-state index in [1.807, 2.05) is 24.3 Å². The van der Waals surface area contributed by atoms with Gasteiger partial charge in [-0.25, -0.2) is 13.4 Å². The molecular formula is C16H19N3O4S2. The Kier molecular flexibility index (Phi) is 5.33. The normalized spacial score (nSPS) is 19.0. The van der Waals surface area contributed by atoms with Crippen molar-refractivity contribution in [3.63, 3.8) is 0 Å². The molecule has 0 saturated carbocycles. The number of hydrazine groups is 1. The minimum Gasteiger partial charge on any atom is -0.273 e. The quantitative estimate of drug-likeness (QED) is 0.757. The van der Waals surface area contributed by atoms with Crippen LogP contribution in [0.4, 0.5) is 0 Å². The molecule has 1 aliphatic heterocycles. The Morgan fingerprint density at radius 1 is 1.20 bits per heavy atom. The SMILES string of the molecule is O=C(CCc1nc2ccccc2s1)NNC(=O)C[C@@H]1CCS(=O)(=O)C1. The number of rotatable bonds is 5. The smallest absolute Gasteiger partial charge is 0.238 e. The van der Waals surface area contributed by atoms with Gasteiger partial charge in [-0.2, -0.15) is 0 Å². The number of sulfone groups is 1. The lowest BCUT2D eigenvalue weighted by Gasteiger charge is -2.09.